The van der Waals surface area contributed by atoms with Crippen LogP contribution in [0.1, 0.15) is 32.9 Å². The lowest BCUT2D eigenvalue weighted by Gasteiger charge is -2.06. The molecule has 0 atom stereocenters. The zero-order valence-corrected chi connectivity index (χ0v) is 14.6. The number of nitrogens with zero attached hydrogens (tertiary/aromatic N) is 3. The number of nitrogens with two attached hydrogens (primary N) is 1. The minimum absolute atomic E-state index is 0.289. The fourth-order valence-corrected chi connectivity index (χ4v) is 2.69. The topological polar surface area (TPSA) is 85.8 Å². The van der Waals surface area contributed by atoms with Crippen molar-refractivity contribution >= 4 is 11.6 Å². The molecule has 0 aliphatic carbocycles. The van der Waals surface area contributed by atoms with Crippen LogP contribution in [0.4, 0.5) is 5.69 Å². The molecule has 1 aromatic heterocycles. The zero-order chi connectivity index (χ0) is 18.0. The first-order chi connectivity index (χ1) is 12.0. The smallest absolute Gasteiger partial charge is 0.278 e. The molecule has 0 aliphatic rings. The van der Waals surface area contributed by atoms with E-state index in [1.165, 1.54) is 10.4 Å². The third kappa shape index (κ3) is 3.59. The van der Waals surface area contributed by atoms with Crippen LogP contribution in [0.15, 0.2) is 42.5 Å². The predicted octanol–water partition coefficient (Wildman–Crippen LogP) is 2.90. The number of hydrogen-bond acceptors (Lipinski definition) is 4. The van der Waals surface area contributed by atoms with Gasteiger partial charge < -0.3 is 11.1 Å². The van der Waals surface area contributed by atoms with E-state index < -0.39 is 0 Å². The van der Waals surface area contributed by atoms with Crippen LogP contribution in [0.3, 0.4) is 0 Å². The van der Waals surface area contributed by atoms with Crippen molar-refractivity contribution in [2.45, 2.75) is 27.3 Å². The van der Waals surface area contributed by atoms with E-state index in [1.807, 2.05) is 50.2 Å². The molecule has 6 heteroatoms. The summed E-state index contributed by atoms with van der Waals surface area (Å²) >= 11 is 0. The Morgan fingerprint density at radius 3 is 2.64 bits per heavy atom. The van der Waals surface area contributed by atoms with Gasteiger partial charge in [-0.2, -0.15) is 9.90 Å². The van der Waals surface area contributed by atoms with E-state index in [0.717, 1.165) is 16.8 Å². The number of rotatable bonds is 4. The number of aryl methyl sites for hydroxylation is 3. The van der Waals surface area contributed by atoms with Crippen LogP contribution in [0.5, 0.6) is 0 Å². The van der Waals surface area contributed by atoms with Crippen LogP contribution in [-0.2, 0) is 6.54 Å². The number of anilines is 1. The fraction of sp³-hybridized carbons (Fsp3) is 0.211. The quantitative estimate of drug-likeness (QED) is 0.767. The second-order valence-electron chi connectivity index (χ2n) is 6.07. The Morgan fingerprint density at radius 1 is 1.12 bits per heavy atom. The van der Waals surface area contributed by atoms with Gasteiger partial charge in [-0.15, -0.1) is 5.10 Å². The molecule has 0 spiro atoms. The summed E-state index contributed by atoms with van der Waals surface area (Å²) in [6.07, 6.45) is 0. The summed E-state index contributed by atoms with van der Waals surface area (Å²) in [5.41, 5.74) is 11.2. The van der Waals surface area contributed by atoms with Crippen LogP contribution in [-0.4, -0.2) is 20.9 Å². The lowest BCUT2D eigenvalue weighted by atomic mass is 10.1. The molecular weight excluding hydrogens is 314 g/mol. The molecule has 6 nitrogen and oxygen atoms in total. The summed E-state index contributed by atoms with van der Waals surface area (Å²) in [5, 5.41) is 11.6. The summed E-state index contributed by atoms with van der Waals surface area (Å²) in [6, 6.07) is 13.5. The van der Waals surface area contributed by atoms with Crippen molar-refractivity contribution in [2.24, 2.45) is 5.73 Å². The Bertz CT molecular complexity index is 929. The molecule has 3 aromatic rings. The second-order valence-corrected chi connectivity index (χ2v) is 6.07. The van der Waals surface area contributed by atoms with Gasteiger partial charge in [0.25, 0.3) is 5.91 Å². The highest BCUT2D eigenvalue weighted by Gasteiger charge is 2.17. The van der Waals surface area contributed by atoms with Gasteiger partial charge in [-0.3, -0.25) is 4.79 Å². The van der Waals surface area contributed by atoms with Crippen LogP contribution in [0.2, 0.25) is 0 Å². The number of benzene rings is 2. The Morgan fingerprint density at radius 2 is 1.92 bits per heavy atom. The lowest BCUT2D eigenvalue weighted by molar-refractivity contribution is 0.102. The minimum Gasteiger partial charge on any atom is -0.326 e. The van der Waals surface area contributed by atoms with Gasteiger partial charge in [0.2, 0.25) is 0 Å². The highest BCUT2D eigenvalue weighted by molar-refractivity contribution is 6.03. The van der Waals surface area contributed by atoms with Crippen LogP contribution >= 0.6 is 0 Å². The number of nitrogens with one attached hydrogen (secondary N) is 1. The molecule has 3 N–H and O–H groups in total. The van der Waals surface area contributed by atoms with Crippen molar-refractivity contribution in [1.29, 1.82) is 0 Å². The average molecular weight is 335 g/mol. The number of carbonyl (C=O) groups is 1. The Kier molecular flexibility index (Phi) is 4.63. The summed E-state index contributed by atoms with van der Waals surface area (Å²) in [4.78, 5) is 14.1. The van der Waals surface area contributed by atoms with E-state index in [2.05, 4.69) is 21.6 Å². The Hall–Kier alpha value is -2.99. The molecule has 1 heterocycles. The highest BCUT2D eigenvalue weighted by atomic mass is 16.2. The first kappa shape index (κ1) is 16.9. The fourth-order valence-electron chi connectivity index (χ4n) is 2.69. The van der Waals surface area contributed by atoms with E-state index in [1.54, 1.807) is 6.92 Å². The lowest BCUT2D eigenvalue weighted by Crippen LogP contribution is -2.14. The van der Waals surface area contributed by atoms with Crippen LogP contribution < -0.4 is 11.1 Å². The van der Waals surface area contributed by atoms with Gasteiger partial charge in [-0.05, 0) is 50.1 Å². The molecule has 0 unspecified atom stereocenters. The van der Waals surface area contributed by atoms with Gasteiger partial charge in [0.1, 0.15) is 0 Å². The molecule has 1 amide bonds. The van der Waals surface area contributed by atoms with Crippen LogP contribution in [0.25, 0.3) is 5.69 Å². The third-order valence-corrected chi connectivity index (χ3v) is 3.99. The maximum Gasteiger partial charge on any atom is 0.278 e. The Balaban J connectivity index is 1.87. The molecule has 3 rings (SSSR count). The number of amides is 1. The van der Waals surface area contributed by atoms with E-state index in [-0.39, 0.29) is 5.91 Å². The molecule has 128 valence electrons. The molecule has 0 saturated carbocycles. The number of carbonyl (C=O) groups excluding carboxylic acids is 1. The van der Waals surface area contributed by atoms with E-state index >= 15 is 0 Å². The van der Waals surface area contributed by atoms with Crippen molar-refractivity contribution < 1.29 is 4.79 Å². The van der Waals surface area contributed by atoms with Crippen molar-refractivity contribution in [1.82, 2.24) is 15.0 Å². The molecule has 25 heavy (non-hydrogen) atoms. The minimum atomic E-state index is -0.289. The predicted molar refractivity (Wildman–Crippen MR) is 97.9 cm³/mol. The van der Waals surface area contributed by atoms with E-state index in [9.17, 15) is 4.79 Å². The third-order valence-electron chi connectivity index (χ3n) is 3.99. The normalized spacial score (nSPS) is 10.7. The SMILES string of the molecule is Cc1ccc(-n2nc(C)c(C(=O)Nc3cccc(CN)c3)n2)c(C)c1. The maximum absolute atomic E-state index is 12.6. The summed E-state index contributed by atoms with van der Waals surface area (Å²) in [5.74, 6) is -0.289. The molecule has 0 fully saturated rings. The average Bonchev–Trinajstić information content (AvgIpc) is 2.96. The molecular formula is C19H21N5O. The molecule has 0 radical (unpaired) electrons. The van der Waals surface area contributed by atoms with Gasteiger partial charge >= 0.3 is 0 Å². The van der Waals surface area contributed by atoms with Crippen molar-refractivity contribution in [2.75, 3.05) is 5.32 Å². The van der Waals surface area contributed by atoms with E-state index in [0.29, 0.717) is 23.6 Å². The summed E-state index contributed by atoms with van der Waals surface area (Å²) < 4.78 is 0. The first-order valence-electron chi connectivity index (χ1n) is 8.10. The van der Waals surface area contributed by atoms with Gasteiger partial charge in [-0.1, -0.05) is 29.8 Å². The Labute approximate surface area is 146 Å². The first-order valence-corrected chi connectivity index (χ1v) is 8.10. The van der Waals surface area contributed by atoms with Gasteiger partial charge in [0.15, 0.2) is 5.69 Å². The van der Waals surface area contributed by atoms with Crippen molar-refractivity contribution in [3.05, 3.63) is 70.5 Å². The van der Waals surface area contributed by atoms with Crippen molar-refractivity contribution in [3.8, 4) is 5.69 Å². The summed E-state index contributed by atoms with van der Waals surface area (Å²) in [6.45, 7) is 6.23. The van der Waals surface area contributed by atoms with Crippen LogP contribution in [0, 0.1) is 20.8 Å². The number of hydrogen-bond donors (Lipinski definition) is 2. The monoisotopic (exact) mass is 335 g/mol. The molecule has 0 bridgehead atoms. The second kappa shape index (κ2) is 6.86. The largest absolute Gasteiger partial charge is 0.326 e. The standard InChI is InChI=1S/C19H21N5O/c1-12-7-8-17(13(2)9-12)24-22-14(3)18(23-24)19(25)21-16-6-4-5-15(10-16)11-20/h4-10H,11,20H2,1-3H3,(H,21,25). The number of aromatic nitrogens is 3. The molecule has 0 saturated heterocycles. The maximum atomic E-state index is 12.6. The highest BCUT2D eigenvalue weighted by Crippen LogP contribution is 2.16. The van der Waals surface area contributed by atoms with Gasteiger partial charge in [-0.25, -0.2) is 0 Å². The van der Waals surface area contributed by atoms with Gasteiger partial charge in [0, 0.05) is 12.2 Å². The van der Waals surface area contributed by atoms with Gasteiger partial charge in [0.05, 0.1) is 11.4 Å². The zero-order valence-electron chi connectivity index (χ0n) is 14.6. The van der Waals surface area contributed by atoms with E-state index in [4.69, 9.17) is 5.73 Å². The summed E-state index contributed by atoms with van der Waals surface area (Å²) in [7, 11) is 0. The molecule has 2 aromatic carbocycles. The van der Waals surface area contributed by atoms with Crippen molar-refractivity contribution in [3.63, 3.8) is 0 Å². The molecule has 0 aliphatic heterocycles.